The number of carbonyl (C=O) groups is 1. The van der Waals surface area contributed by atoms with Crippen molar-refractivity contribution in [1.29, 1.82) is 0 Å². The Morgan fingerprint density at radius 1 is 1.21 bits per heavy atom. The van der Waals surface area contributed by atoms with Crippen molar-refractivity contribution in [2.24, 2.45) is 0 Å². The zero-order chi connectivity index (χ0) is 19.5. The van der Waals surface area contributed by atoms with Crippen LogP contribution >= 0.6 is 0 Å². The number of anilines is 1. The molecule has 8 heteroatoms. The van der Waals surface area contributed by atoms with E-state index in [-0.39, 0.29) is 11.0 Å². The number of methoxy groups -OCH3 is 1. The minimum absolute atomic E-state index is 0.0347. The molecule has 0 aliphatic heterocycles. The number of benzene rings is 2. The Balaban J connectivity index is 1.55. The predicted molar refractivity (Wildman–Crippen MR) is 105 cm³/mol. The maximum Gasteiger partial charge on any atom is 0.261 e. The highest BCUT2D eigenvalue weighted by Crippen LogP contribution is 2.21. The Hall–Kier alpha value is -3.94. The molecule has 4 aromatic rings. The summed E-state index contributed by atoms with van der Waals surface area (Å²) in [5.41, 5.74) is 1.85. The van der Waals surface area contributed by atoms with E-state index in [2.05, 4.69) is 20.4 Å². The average molecular weight is 375 g/mol. The van der Waals surface area contributed by atoms with Crippen molar-refractivity contribution in [1.82, 2.24) is 19.7 Å². The molecule has 0 unspecified atom stereocenters. The van der Waals surface area contributed by atoms with Crippen LogP contribution in [0.4, 0.5) is 5.69 Å². The molecule has 2 N–H and O–H groups in total. The number of para-hydroxylation sites is 1. The number of amides is 1. The number of aromatic amines is 1. The highest BCUT2D eigenvalue weighted by atomic mass is 16.5. The third kappa shape index (κ3) is 3.35. The molecule has 0 fully saturated rings. The number of fused-ring (bicyclic) bond motifs is 1. The molecular formula is C20H17N5O3. The van der Waals surface area contributed by atoms with Crippen molar-refractivity contribution in [2.45, 2.75) is 6.54 Å². The molecule has 1 amide bonds. The first kappa shape index (κ1) is 17.5. The lowest BCUT2D eigenvalue weighted by Crippen LogP contribution is -2.22. The van der Waals surface area contributed by atoms with Crippen LogP contribution in [0, 0.1) is 0 Å². The Morgan fingerprint density at radius 3 is 2.75 bits per heavy atom. The van der Waals surface area contributed by atoms with Crippen LogP contribution in [-0.2, 0) is 6.54 Å². The number of aromatic nitrogens is 4. The van der Waals surface area contributed by atoms with E-state index in [4.69, 9.17) is 4.74 Å². The SMILES string of the molecule is COc1cccc2c(=O)c(C(=O)Nc3ccc(Cn4cncn4)cc3)c[nH]c12. The van der Waals surface area contributed by atoms with Crippen molar-refractivity contribution in [3.05, 3.63) is 82.7 Å². The lowest BCUT2D eigenvalue weighted by molar-refractivity contribution is 0.102. The molecule has 0 saturated heterocycles. The quantitative estimate of drug-likeness (QED) is 0.558. The first-order valence-electron chi connectivity index (χ1n) is 8.57. The second kappa shape index (κ2) is 7.36. The van der Waals surface area contributed by atoms with Gasteiger partial charge in [0.15, 0.2) is 0 Å². The van der Waals surface area contributed by atoms with Crippen LogP contribution in [0.15, 0.2) is 66.1 Å². The summed E-state index contributed by atoms with van der Waals surface area (Å²) in [6.45, 7) is 0.584. The topological polar surface area (TPSA) is 102 Å². The highest BCUT2D eigenvalue weighted by Gasteiger charge is 2.15. The lowest BCUT2D eigenvalue weighted by atomic mass is 10.1. The van der Waals surface area contributed by atoms with Crippen molar-refractivity contribution in [2.75, 3.05) is 12.4 Å². The zero-order valence-electron chi connectivity index (χ0n) is 15.0. The normalized spacial score (nSPS) is 10.8. The molecule has 2 heterocycles. The van der Waals surface area contributed by atoms with Gasteiger partial charge in [-0.25, -0.2) is 9.67 Å². The van der Waals surface area contributed by atoms with Gasteiger partial charge in [-0.05, 0) is 29.8 Å². The fourth-order valence-corrected chi connectivity index (χ4v) is 2.96. The molecular weight excluding hydrogens is 358 g/mol. The third-order valence-electron chi connectivity index (χ3n) is 4.36. The highest BCUT2D eigenvalue weighted by molar-refractivity contribution is 6.06. The van der Waals surface area contributed by atoms with Crippen LogP contribution in [0.3, 0.4) is 0 Å². The third-order valence-corrected chi connectivity index (χ3v) is 4.36. The molecule has 0 radical (unpaired) electrons. The maximum atomic E-state index is 12.7. The molecule has 28 heavy (non-hydrogen) atoms. The van der Waals surface area contributed by atoms with Gasteiger partial charge in [0.25, 0.3) is 5.91 Å². The average Bonchev–Trinajstić information content (AvgIpc) is 3.22. The van der Waals surface area contributed by atoms with Gasteiger partial charge in [0, 0.05) is 11.9 Å². The van der Waals surface area contributed by atoms with Crippen LogP contribution in [-0.4, -0.2) is 32.8 Å². The van der Waals surface area contributed by atoms with Gasteiger partial charge in [-0.3, -0.25) is 9.59 Å². The van der Waals surface area contributed by atoms with Crippen molar-refractivity contribution in [3.63, 3.8) is 0 Å². The summed E-state index contributed by atoms with van der Waals surface area (Å²) in [5.74, 6) is 0.0690. The van der Waals surface area contributed by atoms with Crippen LogP contribution in [0.25, 0.3) is 10.9 Å². The molecule has 0 aliphatic rings. The molecule has 8 nitrogen and oxygen atoms in total. The summed E-state index contributed by atoms with van der Waals surface area (Å²) in [6.07, 6.45) is 4.52. The first-order valence-corrected chi connectivity index (χ1v) is 8.57. The molecule has 4 rings (SSSR count). The van der Waals surface area contributed by atoms with E-state index in [0.717, 1.165) is 5.56 Å². The van der Waals surface area contributed by atoms with Crippen molar-refractivity contribution >= 4 is 22.5 Å². The van der Waals surface area contributed by atoms with Crippen molar-refractivity contribution in [3.8, 4) is 5.75 Å². The maximum absolute atomic E-state index is 12.7. The molecule has 0 saturated carbocycles. The Bertz CT molecular complexity index is 1180. The number of H-pyrrole nitrogens is 1. The summed E-state index contributed by atoms with van der Waals surface area (Å²) < 4.78 is 6.95. The van der Waals surface area contributed by atoms with Gasteiger partial charge in [0.1, 0.15) is 24.0 Å². The van der Waals surface area contributed by atoms with Crippen LogP contribution in [0.2, 0.25) is 0 Å². The van der Waals surface area contributed by atoms with Gasteiger partial charge >= 0.3 is 0 Å². The number of nitrogens with zero attached hydrogens (tertiary/aromatic N) is 3. The second-order valence-corrected chi connectivity index (χ2v) is 6.16. The Kier molecular flexibility index (Phi) is 4.59. The summed E-state index contributed by atoms with van der Waals surface area (Å²) >= 11 is 0. The van der Waals surface area contributed by atoms with Crippen molar-refractivity contribution < 1.29 is 9.53 Å². The standard InChI is InChI=1S/C20H17N5O3/c1-28-17-4-2-3-15-18(17)22-9-16(19(15)26)20(27)24-14-7-5-13(6-8-14)10-25-12-21-11-23-25/h2-9,11-12H,10H2,1H3,(H,22,26)(H,24,27). The fraction of sp³-hybridized carbons (Fsp3) is 0.100. The molecule has 0 atom stereocenters. The minimum atomic E-state index is -0.477. The smallest absolute Gasteiger partial charge is 0.261 e. The van der Waals surface area contributed by atoms with Gasteiger partial charge in [-0.1, -0.05) is 18.2 Å². The second-order valence-electron chi connectivity index (χ2n) is 6.16. The number of rotatable bonds is 5. The molecule has 0 aliphatic carbocycles. The van der Waals surface area contributed by atoms with E-state index in [1.807, 2.05) is 12.1 Å². The number of pyridine rings is 1. The van der Waals surface area contributed by atoms with E-state index in [1.165, 1.54) is 19.6 Å². The first-order chi connectivity index (χ1) is 13.7. The summed E-state index contributed by atoms with van der Waals surface area (Å²) in [4.78, 5) is 32.2. The molecule has 2 aromatic carbocycles. The van der Waals surface area contributed by atoms with E-state index in [1.54, 1.807) is 41.3 Å². The van der Waals surface area contributed by atoms with E-state index in [0.29, 0.717) is 28.9 Å². The number of hydrogen-bond acceptors (Lipinski definition) is 5. The number of carbonyl (C=O) groups excluding carboxylic acids is 1. The lowest BCUT2D eigenvalue weighted by Gasteiger charge is -2.09. The summed E-state index contributed by atoms with van der Waals surface area (Å²) in [5, 5.41) is 7.21. The van der Waals surface area contributed by atoms with Gasteiger partial charge in [-0.2, -0.15) is 5.10 Å². The Morgan fingerprint density at radius 2 is 2.04 bits per heavy atom. The molecule has 140 valence electrons. The summed E-state index contributed by atoms with van der Waals surface area (Å²) in [7, 11) is 1.53. The predicted octanol–water partition coefficient (Wildman–Crippen LogP) is 2.43. The number of hydrogen-bond donors (Lipinski definition) is 2. The Labute approximate surface area is 159 Å². The van der Waals surface area contributed by atoms with E-state index >= 15 is 0 Å². The van der Waals surface area contributed by atoms with Gasteiger partial charge in [0.05, 0.1) is 24.6 Å². The number of nitrogens with one attached hydrogen (secondary N) is 2. The fourth-order valence-electron chi connectivity index (χ4n) is 2.96. The van der Waals surface area contributed by atoms with Gasteiger partial charge < -0.3 is 15.0 Å². The minimum Gasteiger partial charge on any atom is -0.495 e. The van der Waals surface area contributed by atoms with Crippen LogP contribution in [0.1, 0.15) is 15.9 Å². The van der Waals surface area contributed by atoms with E-state index < -0.39 is 5.91 Å². The molecule has 0 spiro atoms. The molecule has 2 aromatic heterocycles. The molecule has 0 bridgehead atoms. The monoisotopic (exact) mass is 375 g/mol. The largest absolute Gasteiger partial charge is 0.495 e. The van der Waals surface area contributed by atoms with Crippen LogP contribution in [0.5, 0.6) is 5.75 Å². The zero-order valence-corrected chi connectivity index (χ0v) is 15.0. The van der Waals surface area contributed by atoms with Gasteiger partial charge in [-0.15, -0.1) is 0 Å². The van der Waals surface area contributed by atoms with E-state index in [9.17, 15) is 9.59 Å². The number of ether oxygens (including phenoxy) is 1. The van der Waals surface area contributed by atoms with Gasteiger partial charge in [0.2, 0.25) is 5.43 Å². The summed E-state index contributed by atoms with van der Waals surface area (Å²) in [6, 6.07) is 12.4. The van der Waals surface area contributed by atoms with Crippen LogP contribution < -0.4 is 15.5 Å².